The van der Waals surface area contributed by atoms with Gasteiger partial charge < -0.3 is 40.3 Å². The van der Waals surface area contributed by atoms with Crippen LogP contribution in [-0.2, 0) is 19.1 Å². The summed E-state index contributed by atoms with van der Waals surface area (Å²) in [6, 6.07) is 16.6. The van der Waals surface area contributed by atoms with Gasteiger partial charge in [-0.15, -0.1) is 0 Å². The van der Waals surface area contributed by atoms with Crippen molar-refractivity contribution in [3.8, 4) is 33.8 Å². The maximum absolute atomic E-state index is 13.5. The Morgan fingerprint density at radius 3 is 2.20 bits per heavy atom. The van der Waals surface area contributed by atoms with Gasteiger partial charge in [-0.1, -0.05) is 50.2 Å². The number of aromatic nitrogens is 5. The lowest BCUT2D eigenvalue weighted by Gasteiger charge is -2.30. The van der Waals surface area contributed by atoms with Crippen LogP contribution in [0.25, 0.3) is 44.7 Å². The van der Waals surface area contributed by atoms with Crippen molar-refractivity contribution in [2.75, 3.05) is 27.3 Å². The second-order valence-electron chi connectivity index (χ2n) is 14.7. The van der Waals surface area contributed by atoms with Crippen molar-refractivity contribution in [3.05, 3.63) is 78.6 Å². The molecule has 2 fully saturated rings. The third-order valence-electron chi connectivity index (χ3n) is 10.9. The number of imidazole rings is 2. The van der Waals surface area contributed by atoms with Crippen molar-refractivity contribution in [3.63, 3.8) is 0 Å². The van der Waals surface area contributed by atoms with Gasteiger partial charge in [0.2, 0.25) is 11.8 Å². The number of alkyl carbamates (subject to hydrolysis) is 1. The fourth-order valence-electron chi connectivity index (χ4n) is 7.62. The van der Waals surface area contributed by atoms with Gasteiger partial charge in [-0.25, -0.2) is 19.7 Å². The number of aromatic amines is 2. The number of pyridine rings is 1. The number of hydrogen-bond donors (Lipinski definition) is 4. The number of carbonyl (C=O) groups is 3. The van der Waals surface area contributed by atoms with Gasteiger partial charge in [-0.2, -0.15) is 0 Å². The number of nitrogens with one attached hydrogen (secondary N) is 3. The predicted octanol–water partition coefficient (Wildman–Crippen LogP) is 5.75. The minimum absolute atomic E-state index is 0.103. The Kier molecular flexibility index (Phi) is 11.0. The van der Waals surface area contributed by atoms with E-state index >= 15 is 0 Å². The van der Waals surface area contributed by atoms with Gasteiger partial charge in [0.1, 0.15) is 23.7 Å². The van der Waals surface area contributed by atoms with Crippen LogP contribution in [0.5, 0.6) is 0 Å². The van der Waals surface area contributed by atoms with Crippen molar-refractivity contribution in [2.45, 2.75) is 76.7 Å². The average molecular weight is 748 g/mol. The van der Waals surface area contributed by atoms with Gasteiger partial charge in [-0.05, 0) is 62.3 Å². The van der Waals surface area contributed by atoms with Crippen molar-refractivity contribution in [1.29, 1.82) is 0 Å². The number of nitrogens with zero attached hydrogens (tertiary/aromatic N) is 5. The van der Waals surface area contributed by atoms with Gasteiger partial charge in [0.25, 0.3) is 0 Å². The lowest BCUT2D eigenvalue weighted by atomic mass is 10.0. The van der Waals surface area contributed by atoms with E-state index < -0.39 is 18.2 Å². The Morgan fingerprint density at radius 1 is 0.836 bits per heavy atom. The zero-order valence-corrected chi connectivity index (χ0v) is 31.9. The minimum atomic E-state index is -0.725. The number of carbonyl (C=O) groups excluding carboxylic acids is 3. The number of ether oxygens (including phenoxy) is 2. The molecule has 5 atom stereocenters. The summed E-state index contributed by atoms with van der Waals surface area (Å²) in [5.41, 5.74) is 12.5. The number of rotatable bonds is 11. The van der Waals surface area contributed by atoms with Crippen LogP contribution in [0.15, 0.2) is 67.0 Å². The molecule has 0 bridgehead atoms. The van der Waals surface area contributed by atoms with E-state index in [0.717, 1.165) is 82.0 Å². The number of likely N-dealkylation sites (tertiary alicyclic amines) is 2. The average Bonchev–Trinajstić information content (AvgIpc) is 4.05. The molecule has 5 N–H and O–H groups in total. The van der Waals surface area contributed by atoms with E-state index in [1.54, 1.807) is 20.2 Å². The Morgan fingerprint density at radius 2 is 1.51 bits per heavy atom. The SMILES string of the molecule is COC(=O)N[C@H](C(=O)N1CCC[C@H]1c1ncc(-c2ccc(-c3ccc4cc(-c5c[nH]c([C@@H]6CCCN6C(=O)[C@@H](N)[C@@H](C)OC)n5)ccc4n3)cc2)[nH]1)C(C)C. The van der Waals surface area contributed by atoms with Gasteiger partial charge in [-0.3, -0.25) is 9.59 Å². The zero-order chi connectivity index (χ0) is 38.8. The molecule has 0 unspecified atom stereocenters. The van der Waals surface area contributed by atoms with E-state index in [4.69, 9.17) is 25.2 Å². The lowest BCUT2D eigenvalue weighted by molar-refractivity contribution is -0.137. The number of hydrogen-bond acceptors (Lipinski definition) is 9. The minimum Gasteiger partial charge on any atom is -0.453 e. The third-order valence-corrected chi connectivity index (χ3v) is 10.9. The molecular weight excluding hydrogens is 699 g/mol. The van der Waals surface area contributed by atoms with Gasteiger partial charge in [0.05, 0.1) is 54.1 Å². The molecule has 2 saturated heterocycles. The van der Waals surface area contributed by atoms with Crippen molar-refractivity contribution in [1.82, 2.24) is 40.0 Å². The van der Waals surface area contributed by atoms with Crippen LogP contribution in [0.3, 0.4) is 0 Å². The van der Waals surface area contributed by atoms with Crippen LogP contribution >= 0.6 is 0 Å². The highest BCUT2D eigenvalue weighted by atomic mass is 16.5. The summed E-state index contributed by atoms with van der Waals surface area (Å²) < 4.78 is 10.1. The van der Waals surface area contributed by atoms with Crippen LogP contribution in [0, 0.1) is 5.92 Å². The lowest BCUT2D eigenvalue weighted by Crippen LogP contribution is -2.51. The van der Waals surface area contributed by atoms with E-state index in [1.165, 1.54) is 7.11 Å². The molecule has 14 heteroatoms. The first-order valence-corrected chi connectivity index (χ1v) is 18.9. The topological polar surface area (TPSA) is 184 Å². The first kappa shape index (κ1) is 37.7. The number of fused-ring (bicyclic) bond motifs is 1. The molecule has 2 aromatic carbocycles. The molecule has 55 heavy (non-hydrogen) atoms. The molecule has 0 radical (unpaired) electrons. The predicted molar refractivity (Wildman–Crippen MR) is 208 cm³/mol. The van der Waals surface area contributed by atoms with Crippen molar-refractivity contribution >= 4 is 28.8 Å². The molecule has 2 aliphatic rings. The molecule has 3 amide bonds. The molecule has 7 rings (SSSR count). The molecule has 5 heterocycles. The zero-order valence-electron chi connectivity index (χ0n) is 31.9. The highest BCUT2D eigenvalue weighted by molar-refractivity contribution is 5.87. The highest BCUT2D eigenvalue weighted by Gasteiger charge is 2.38. The second-order valence-corrected chi connectivity index (χ2v) is 14.7. The van der Waals surface area contributed by atoms with E-state index in [9.17, 15) is 14.4 Å². The van der Waals surface area contributed by atoms with E-state index in [0.29, 0.717) is 13.1 Å². The molecule has 0 spiro atoms. The van der Waals surface area contributed by atoms with E-state index in [-0.39, 0.29) is 35.9 Å². The molecule has 2 aliphatic heterocycles. The van der Waals surface area contributed by atoms with Crippen LogP contribution in [-0.4, -0.2) is 98.1 Å². The highest BCUT2D eigenvalue weighted by Crippen LogP contribution is 2.35. The summed E-state index contributed by atoms with van der Waals surface area (Å²) in [6.45, 7) is 6.85. The van der Waals surface area contributed by atoms with Crippen LogP contribution in [0.4, 0.5) is 4.79 Å². The van der Waals surface area contributed by atoms with Crippen molar-refractivity contribution < 1.29 is 23.9 Å². The summed E-state index contributed by atoms with van der Waals surface area (Å²) in [6.07, 6.45) is 6.03. The standard InChI is InChI=1S/C41H49N9O5/c1-23(2)36(48-41(53)55-5)40(52)50-19-7-9-34(50)38-43-21-31(46-38)26-12-10-25(11-13-26)29-16-14-27-20-28(15-17-30(27)45-29)32-22-44-37(47-32)33-8-6-18-49(33)39(51)35(42)24(3)54-4/h10-17,20-24,33-36H,6-9,18-19,42H2,1-5H3,(H,43,46)(H,44,47)(H,48,53)/t24-,33+,34+,35+,36+/m1/s1. The fraction of sp³-hybridized carbons (Fsp3) is 0.415. The molecule has 0 saturated carbocycles. The van der Waals surface area contributed by atoms with Crippen LogP contribution in [0.1, 0.15) is 70.2 Å². The molecular formula is C41H49N9O5. The quantitative estimate of drug-likeness (QED) is 0.131. The van der Waals surface area contributed by atoms with E-state index in [2.05, 4.69) is 32.4 Å². The maximum Gasteiger partial charge on any atom is 0.407 e. The summed E-state index contributed by atoms with van der Waals surface area (Å²) >= 11 is 0. The monoisotopic (exact) mass is 747 g/mol. The van der Waals surface area contributed by atoms with Crippen LogP contribution < -0.4 is 11.1 Å². The normalized spacial score (nSPS) is 18.8. The third kappa shape index (κ3) is 7.69. The van der Waals surface area contributed by atoms with E-state index in [1.807, 2.05) is 72.3 Å². The molecule has 0 aliphatic carbocycles. The van der Waals surface area contributed by atoms with Gasteiger partial charge in [0, 0.05) is 42.9 Å². The first-order chi connectivity index (χ1) is 26.6. The molecule has 5 aromatic rings. The number of amides is 3. The smallest absolute Gasteiger partial charge is 0.407 e. The van der Waals surface area contributed by atoms with Crippen molar-refractivity contribution in [2.24, 2.45) is 11.7 Å². The molecule has 14 nitrogen and oxygen atoms in total. The molecule has 3 aromatic heterocycles. The largest absolute Gasteiger partial charge is 0.453 e. The van der Waals surface area contributed by atoms with Gasteiger partial charge in [0.15, 0.2) is 0 Å². The Hall–Kier alpha value is -5.60. The van der Waals surface area contributed by atoms with Gasteiger partial charge >= 0.3 is 6.09 Å². The summed E-state index contributed by atoms with van der Waals surface area (Å²) in [5, 5.41) is 3.69. The maximum atomic E-state index is 13.5. The fourth-order valence-corrected chi connectivity index (χ4v) is 7.62. The Bertz CT molecular complexity index is 2160. The Balaban J connectivity index is 1.03. The molecule has 288 valence electrons. The number of nitrogens with two attached hydrogens (primary N) is 1. The Labute approximate surface area is 320 Å². The number of methoxy groups -OCH3 is 2. The number of H-pyrrole nitrogens is 2. The number of benzene rings is 2. The first-order valence-electron chi connectivity index (χ1n) is 18.9. The summed E-state index contributed by atoms with van der Waals surface area (Å²) in [7, 11) is 2.85. The van der Waals surface area contributed by atoms with Crippen LogP contribution in [0.2, 0.25) is 0 Å². The second kappa shape index (κ2) is 16.0. The summed E-state index contributed by atoms with van der Waals surface area (Å²) in [4.78, 5) is 63.5. The summed E-state index contributed by atoms with van der Waals surface area (Å²) in [5.74, 6) is 1.11.